The second-order valence-electron chi connectivity index (χ2n) is 7.04. The minimum absolute atomic E-state index is 0.0215. The van der Waals surface area contributed by atoms with Crippen LogP contribution in [-0.4, -0.2) is 67.5 Å². The lowest BCUT2D eigenvalue weighted by atomic mass is 9.93. The molecule has 4 rings (SSSR count). The molecule has 0 spiro atoms. The topological polar surface area (TPSA) is 82.4 Å². The molecule has 4 heterocycles. The molecular weight excluding hydrogens is 330 g/mol. The van der Waals surface area contributed by atoms with Gasteiger partial charge in [0.2, 0.25) is 0 Å². The Morgan fingerprint density at radius 1 is 1.31 bits per heavy atom. The molecule has 0 aliphatic carbocycles. The summed E-state index contributed by atoms with van der Waals surface area (Å²) in [7, 11) is 4.08. The minimum atomic E-state index is 0.0215. The number of rotatable bonds is 4. The van der Waals surface area contributed by atoms with E-state index in [9.17, 15) is 4.79 Å². The number of hydrogen-bond acceptors (Lipinski definition) is 5. The molecule has 8 nitrogen and oxygen atoms in total. The van der Waals surface area contributed by atoms with Crippen LogP contribution in [0, 0.1) is 0 Å². The summed E-state index contributed by atoms with van der Waals surface area (Å²) in [5, 5.41) is 4.58. The number of imidazole rings is 1. The zero-order valence-corrected chi connectivity index (χ0v) is 15.1. The summed E-state index contributed by atoms with van der Waals surface area (Å²) in [6.07, 6.45) is 8.73. The van der Waals surface area contributed by atoms with Gasteiger partial charge < -0.3 is 14.8 Å². The van der Waals surface area contributed by atoms with Gasteiger partial charge in [-0.15, -0.1) is 0 Å². The molecule has 0 unspecified atom stereocenters. The Labute approximate surface area is 151 Å². The van der Waals surface area contributed by atoms with Crippen LogP contribution in [0.25, 0.3) is 5.65 Å². The molecule has 0 atom stereocenters. The quantitative estimate of drug-likeness (QED) is 0.769. The van der Waals surface area contributed by atoms with Crippen LogP contribution in [0.15, 0.2) is 31.0 Å². The number of aromatic nitrogens is 5. The van der Waals surface area contributed by atoms with Gasteiger partial charge in [0.05, 0.1) is 18.7 Å². The fourth-order valence-corrected chi connectivity index (χ4v) is 3.64. The monoisotopic (exact) mass is 353 g/mol. The van der Waals surface area contributed by atoms with Crippen LogP contribution in [0.4, 0.5) is 0 Å². The summed E-state index contributed by atoms with van der Waals surface area (Å²) in [5.74, 6) is 0.395. The zero-order chi connectivity index (χ0) is 18.1. The first-order valence-corrected chi connectivity index (χ1v) is 8.87. The van der Waals surface area contributed by atoms with Gasteiger partial charge in [-0.25, -0.2) is 14.5 Å². The predicted molar refractivity (Wildman–Crippen MR) is 96.8 cm³/mol. The highest BCUT2D eigenvalue weighted by atomic mass is 16.2. The number of amides is 1. The molecule has 8 heteroatoms. The summed E-state index contributed by atoms with van der Waals surface area (Å²) in [6.45, 7) is 2.29. The zero-order valence-electron chi connectivity index (χ0n) is 15.1. The highest BCUT2D eigenvalue weighted by Crippen LogP contribution is 2.29. The Bertz CT molecular complexity index is 892. The number of carbonyl (C=O) groups excluding carboxylic acids is 1. The van der Waals surface area contributed by atoms with Crippen molar-refractivity contribution in [3.63, 3.8) is 0 Å². The van der Waals surface area contributed by atoms with Crippen LogP contribution < -0.4 is 0 Å². The van der Waals surface area contributed by atoms with E-state index < -0.39 is 0 Å². The maximum atomic E-state index is 12.4. The van der Waals surface area contributed by atoms with Gasteiger partial charge in [-0.2, -0.15) is 5.10 Å². The van der Waals surface area contributed by atoms with Gasteiger partial charge in [-0.05, 0) is 33.0 Å². The van der Waals surface area contributed by atoms with Gasteiger partial charge in [0.25, 0.3) is 5.91 Å². The molecule has 1 aliphatic rings. The number of nitrogens with zero attached hydrogens (tertiary/aromatic N) is 6. The Morgan fingerprint density at radius 3 is 2.81 bits per heavy atom. The van der Waals surface area contributed by atoms with Gasteiger partial charge >= 0.3 is 0 Å². The number of carbonyl (C=O) groups is 1. The highest BCUT2D eigenvalue weighted by molar-refractivity contribution is 5.92. The first kappa shape index (κ1) is 16.7. The van der Waals surface area contributed by atoms with Gasteiger partial charge in [0.15, 0.2) is 5.65 Å². The molecule has 1 amide bonds. The molecule has 136 valence electrons. The average Bonchev–Trinajstić information content (AvgIpc) is 3.31. The van der Waals surface area contributed by atoms with E-state index in [0.29, 0.717) is 11.6 Å². The highest BCUT2D eigenvalue weighted by Gasteiger charge is 2.27. The van der Waals surface area contributed by atoms with Gasteiger partial charge in [-0.1, -0.05) is 0 Å². The van der Waals surface area contributed by atoms with Crippen LogP contribution in [0.2, 0.25) is 0 Å². The van der Waals surface area contributed by atoms with Crippen LogP contribution in [0.3, 0.4) is 0 Å². The van der Waals surface area contributed by atoms with E-state index in [-0.39, 0.29) is 5.91 Å². The van der Waals surface area contributed by atoms with Gasteiger partial charge in [-0.3, -0.25) is 4.79 Å². The summed E-state index contributed by atoms with van der Waals surface area (Å²) in [5.41, 5.74) is 3.78. The first-order chi connectivity index (χ1) is 12.6. The second kappa shape index (κ2) is 6.87. The number of hydrogen-bond donors (Lipinski definition) is 1. The molecule has 1 aliphatic heterocycles. The Balaban J connectivity index is 1.51. The van der Waals surface area contributed by atoms with Crippen LogP contribution in [-0.2, 0) is 6.54 Å². The van der Waals surface area contributed by atoms with E-state index in [0.717, 1.165) is 43.7 Å². The van der Waals surface area contributed by atoms with Crippen molar-refractivity contribution < 1.29 is 4.79 Å². The fourth-order valence-electron chi connectivity index (χ4n) is 3.64. The summed E-state index contributed by atoms with van der Waals surface area (Å²) < 4.78 is 1.97. The largest absolute Gasteiger partial charge is 0.341 e. The van der Waals surface area contributed by atoms with Crippen LogP contribution in [0.1, 0.15) is 40.5 Å². The third-order valence-corrected chi connectivity index (χ3v) is 4.92. The number of H-pyrrole nitrogens is 1. The van der Waals surface area contributed by atoms with Crippen molar-refractivity contribution in [1.82, 2.24) is 34.4 Å². The summed E-state index contributed by atoms with van der Waals surface area (Å²) in [4.78, 5) is 27.8. The third-order valence-electron chi connectivity index (χ3n) is 4.92. The van der Waals surface area contributed by atoms with Crippen LogP contribution in [0.5, 0.6) is 0 Å². The molecule has 1 N–H and O–H groups in total. The first-order valence-electron chi connectivity index (χ1n) is 8.87. The van der Waals surface area contributed by atoms with E-state index >= 15 is 0 Å². The lowest BCUT2D eigenvalue weighted by Crippen LogP contribution is -2.38. The SMILES string of the molecule is CN(C)Cc1cnn2c(C3CCN(C(=O)c4cnc[nH]4)CC3)ccnc12. The Morgan fingerprint density at radius 2 is 2.12 bits per heavy atom. The molecule has 0 bridgehead atoms. The van der Waals surface area contributed by atoms with Crippen molar-refractivity contribution >= 4 is 11.6 Å². The lowest BCUT2D eigenvalue weighted by molar-refractivity contribution is 0.0706. The molecule has 0 radical (unpaired) electrons. The number of piperidine rings is 1. The molecule has 1 fully saturated rings. The Kier molecular flexibility index (Phi) is 4.42. The molecule has 0 saturated carbocycles. The van der Waals surface area contributed by atoms with Crippen molar-refractivity contribution in [3.05, 3.63) is 47.9 Å². The van der Waals surface area contributed by atoms with E-state index in [1.807, 2.05) is 35.9 Å². The van der Waals surface area contributed by atoms with E-state index in [4.69, 9.17) is 0 Å². The number of fused-ring (bicyclic) bond motifs is 1. The van der Waals surface area contributed by atoms with Crippen molar-refractivity contribution in [2.24, 2.45) is 0 Å². The lowest BCUT2D eigenvalue weighted by Gasteiger charge is -2.31. The standard InChI is InChI=1S/C18H23N7O/c1-23(2)11-14-9-22-25-16(3-6-20-17(14)25)13-4-7-24(8-5-13)18(26)15-10-19-12-21-15/h3,6,9-10,12-13H,4-5,7-8,11H2,1-2H3,(H,19,21). The van der Waals surface area contributed by atoms with E-state index in [1.54, 1.807) is 6.20 Å². The second-order valence-corrected chi connectivity index (χ2v) is 7.04. The maximum absolute atomic E-state index is 12.4. The molecule has 1 saturated heterocycles. The number of likely N-dealkylation sites (tertiary alicyclic amines) is 1. The van der Waals surface area contributed by atoms with E-state index in [2.05, 4.69) is 31.0 Å². The van der Waals surface area contributed by atoms with Crippen molar-refractivity contribution in [3.8, 4) is 0 Å². The third kappa shape index (κ3) is 3.08. The average molecular weight is 353 g/mol. The molecular formula is C18H23N7O. The van der Waals surface area contributed by atoms with E-state index in [1.165, 1.54) is 12.0 Å². The molecule has 3 aromatic heterocycles. The molecule has 26 heavy (non-hydrogen) atoms. The van der Waals surface area contributed by atoms with Crippen molar-refractivity contribution in [2.45, 2.75) is 25.3 Å². The van der Waals surface area contributed by atoms with Crippen molar-refractivity contribution in [1.29, 1.82) is 0 Å². The Hall–Kier alpha value is -2.74. The summed E-state index contributed by atoms with van der Waals surface area (Å²) >= 11 is 0. The minimum Gasteiger partial charge on any atom is -0.341 e. The number of nitrogens with one attached hydrogen (secondary N) is 1. The maximum Gasteiger partial charge on any atom is 0.271 e. The number of aromatic amines is 1. The van der Waals surface area contributed by atoms with Crippen molar-refractivity contribution in [2.75, 3.05) is 27.2 Å². The summed E-state index contributed by atoms with van der Waals surface area (Å²) in [6, 6.07) is 2.05. The van der Waals surface area contributed by atoms with Crippen LogP contribution >= 0.6 is 0 Å². The molecule has 3 aromatic rings. The fraction of sp³-hybridized carbons (Fsp3) is 0.444. The molecule has 0 aromatic carbocycles. The predicted octanol–water partition coefficient (Wildman–Crippen LogP) is 1.53. The normalized spacial score (nSPS) is 15.9. The smallest absolute Gasteiger partial charge is 0.271 e. The van der Waals surface area contributed by atoms with Gasteiger partial charge in [0, 0.05) is 43.0 Å². The van der Waals surface area contributed by atoms with Gasteiger partial charge in [0.1, 0.15) is 5.69 Å².